The molecular formula is C20H24N2O2S. The number of carbonyl (C=O) groups excluding carboxylic acids is 1. The summed E-state index contributed by atoms with van der Waals surface area (Å²) in [4.78, 5) is 14.7. The second-order valence-corrected chi connectivity index (χ2v) is 7.56. The van der Waals surface area contributed by atoms with Crippen LogP contribution in [-0.2, 0) is 0 Å². The van der Waals surface area contributed by atoms with E-state index >= 15 is 0 Å². The van der Waals surface area contributed by atoms with Crippen molar-refractivity contribution in [2.75, 3.05) is 24.7 Å². The van der Waals surface area contributed by atoms with E-state index in [0.717, 1.165) is 12.3 Å². The van der Waals surface area contributed by atoms with Crippen LogP contribution >= 0.6 is 11.8 Å². The van der Waals surface area contributed by atoms with E-state index in [4.69, 9.17) is 4.74 Å². The lowest BCUT2D eigenvalue weighted by molar-refractivity contribution is 0.214. The van der Waals surface area contributed by atoms with Gasteiger partial charge in [-0.05, 0) is 29.2 Å². The third kappa shape index (κ3) is 3.93. The molecule has 2 aromatic carbocycles. The van der Waals surface area contributed by atoms with Gasteiger partial charge < -0.3 is 15.0 Å². The summed E-state index contributed by atoms with van der Waals surface area (Å²) in [6, 6.07) is 16.0. The number of urea groups is 1. The number of benzene rings is 2. The quantitative estimate of drug-likeness (QED) is 0.829. The highest BCUT2D eigenvalue weighted by Crippen LogP contribution is 2.39. The predicted molar refractivity (Wildman–Crippen MR) is 104 cm³/mol. The number of nitrogens with zero attached hydrogens (tertiary/aromatic N) is 1. The molecule has 1 aliphatic heterocycles. The van der Waals surface area contributed by atoms with Crippen LogP contribution in [0.2, 0.25) is 0 Å². The highest BCUT2D eigenvalue weighted by Gasteiger charge is 2.31. The standard InChI is InChI=1S/C20H24N2O2S/c1-14(2)15-8-10-16(11-9-15)19-22(12-13-25-19)20(23)21-17-6-4-5-7-18(17)24-3/h4-11,14,19H,12-13H2,1-3H3,(H,21,23)/t19-/m0/s1. The molecule has 0 aliphatic carbocycles. The van der Waals surface area contributed by atoms with E-state index in [9.17, 15) is 4.79 Å². The van der Waals surface area contributed by atoms with Gasteiger partial charge in [-0.3, -0.25) is 0 Å². The van der Waals surface area contributed by atoms with Crippen molar-refractivity contribution in [3.05, 3.63) is 59.7 Å². The number of para-hydroxylation sites is 2. The number of thioether (sulfide) groups is 1. The average molecular weight is 356 g/mol. The molecule has 0 spiro atoms. The number of methoxy groups -OCH3 is 1. The van der Waals surface area contributed by atoms with Gasteiger partial charge in [0.05, 0.1) is 12.8 Å². The first-order valence-electron chi connectivity index (χ1n) is 8.52. The van der Waals surface area contributed by atoms with Crippen LogP contribution in [0.1, 0.15) is 36.3 Å². The number of hydrogen-bond acceptors (Lipinski definition) is 3. The van der Waals surface area contributed by atoms with E-state index in [1.165, 1.54) is 11.1 Å². The van der Waals surface area contributed by atoms with E-state index in [-0.39, 0.29) is 11.4 Å². The first-order chi connectivity index (χ1) is 12.1. The minimum absolute atomic E-state index is 0.0518. The Morgan fingerprint density at radius 2 is 1.92 bits per heavy atom. The number of hydrogen-bond donors (Lipinski definition) is 1. The van der Waals surface area contributed by atoms with Crippen molar-refractivity contribution in [2.24, 2.45) is 0 Å². The summed E-state index contributed by atoms with van der Waals surface area (Å²) in [5.41, 5.74) is 3.18. The van der Waals surface area contributed by atoms with E-state index in [2.05, 4.69) is 43.4 Å². The van der Waals surface area contributed by atoms with Gasteiger partial charge in [-0.2, -0.15) is 0 Å². The van der Waals surface area contributed by atoms with Crippen molar-refractivity contribution in [3.63, 3.8) is 0 Å². The summed E-state index contributed by atoms with van der Waals surface area (Å²) in [6.07, 6.45) is 0. The first kappa shape index (κ1) is 17.7. The van der Waals surface area contributed by atoms with Crippen molar-refractivity contribution in [3.8, 4) is 5.75 Å². The number of carbonyl (C=O) groups is 1. The Bertz CT molecular complexity index is 731. The van der Waals surface area contributed by atoms with Crippen LogP contribution in [0.3, 0.4) is 0 Å². The maximum atomic E-state index is 12.8. The zero-order valence-corrected chi connectivity index (χ0v) is 15.7. The van der Waals surface area contributed by atoms with E-state index in [0.29, 0.717) is 17.4 Å². The van der Waals surface area contributed by atoms with Crippen molar-refractivity contribution in [2.45, 2.75) is 25.1 Å². The summed E-state index contributed by atoms with van der Waals surface area (Å²) >= 11 is 1.80. The fourth-order valence-electron chi connectivity index (χ4n) is 2.93. The summed E-state index contributed by atoms with van der Waals surface area (Å²) < 4.78 is 5.32. The SMILES string of the molecule is COc1ccccc1NC(=O)N1CCS[C@H]1c1ccc(C(C)C)cc1. The lowest BCUT2D eigenvalue weighted by Gasteiger charge is -2.25. The van der Waals surface area contributed by atoms with Crippen LogP contribution in [0.4, 0.5) is 10.5 Å². The van der Waals surface area contributed by atoms with Gasteiger partial charge in [-0.15, -0.1) is 11.8 Å². The number of amides is 2. The van der Waals surface area contributed by atoms with Gasteiger partial charge in [0.15, 0.2) is 0 Å². The van der Waals surface area contributed by atoms with Crippen molar-refractivity contribution >= 4 is 23.5 Å². The summed E-state index contributed by atoms with van der Waals surface area (Å²) in [5.74, 6) is 2.12. The Labute approximate surface area is 153 Å². The molecule has 2 amide bonds. The smallest absolute Gasteiger partial charge is 0.323 e. The van der Waals surface area contributed by atoms with Gasteiger partial charge >= 0.3 is 6.03 Å². The topological polar surface area (TPSA) is 41.6 Å². The molecule has 1 saturated heterocycles. The molecule has 1 heterocycles. The van der Waals surface area contributed by atoms with Gasteiger partial charge in [-0.25, -0.2) is 4.79 Å². The average Bonchev–Trinajstić information content (AvgIpc) is 3.12. The van der Waals surface area contributed by atoms with Crippen LogP contribution in [0.25, 0.3) is 0 Å². The third-order valence-corrected chi connectivity index (χ3v) is 5.65. The molecule has 0 bridgehead atoms. The number of nitrogens with one attached hydrogen (secondary N) is 1. The van der Waals surface area contributed by atoms with E-state index in [1.807, 2.05) is 29.2 Å². The Kier molecular flexibility index (Phi) is 5.53. The summed E-state index contributed by atoms with van der Waals surface area (Å²) in [5, 5.41) is 3.03. The highest BCUT2D eigenvalue weighted by atomic mass is 32.2. The molecule has 2 aromatic rings. The zero-order valence-electron chi connectivity index (χ0n) is 14.9. The van der Waals surface area contributed by atoms with Crippen LogP contribution < -0.4 is 10.1 Å². The molecule has 25 heavy (non-hydrogen) atoms. The summed E-state index contributed by atoms with van der Waals surface area (Å²) in [6.45, 7) is 5.11. The van der Waals surface area contributed by atoms with Gasteiger partial charge in [0.1, 0.15) is 11.1 Å². The molecule has 1 atom stereocenters. The lowest BCUT2D eigenvalue weighted by Crippen LogP contribution is -2.34. The van der Waals surface area contributed by atoms with Crippen molar-refractivity contribution in [1.82, 2.24) is 4.90 Å². The second kappa shape index (κ2) is 7.83. The third-order valence-electron chi connectivity index (χ3n) is 4.39. The molecule has 0 radical (unpaired) electrons. The molecule has 1 N–H and O–H groups in total. The Balaban J connectivity index is 1.75. The summed E-state index contributed by atoms with van der Waals surface area (Å²) in [7, 11) is 1.61. The van der Waals surface area contributed by atoms with E-state index < -0.39 is 0 Å². The van der Waals surface area contributed by atoms with Crippen LogP contribution in [0.5, 0.6) is 5.75 Å². The monoisotopic (exact) mass is 356 g/mol. The molecule has 3 rings (SSSR count). The molecule has 5 heteroatoms. The fourth-order valence-corrected chi connectivity index (χ4v) is 4.19. The van der Waals surface area contributed by atoms with Crippen molar-refractivity contribution < 1.29 is 9.53 Å². The second-order valence-electron chi connectivity index (χ2n) is 6.37. The number of ether oxygens (including phenoxy) is 1. The molecule has 132 valence electrons. The fraction of sp³-hybridized carbons (Fsp3) is 0.350. The lowest BCUT2D eigenvalue weighted by atomic mass is 10.0. The number of anilines is 1. The Morgan fingerprint density at radius 3 is 2.60 bits per heavy atom. The number of rotatable bonds is 4. The van der Waals surface area contributed by atoms with Crippen LogP contribution in [0, 0.1) is 0 Å². The predicted octanol–water partition coefficient (Wildman–Crippen LogP) is 5.10. The first-order valence-corrected chi connectivity index (χ1v) is 9.57. The molecule has 0 unspecified atom stereocenters. The minimum Gasteiger partial charge on any atom is -0.495 e. The van der Waals surface area contributed by atoms with E-state index in [1.54, 1.807) is 18.9 Å². The van der Waals surface area contributed by atoms with Crippen LogP contribution in [-0.4, -0.2) is 30.3 Å². The minimum atomic E-state index is -0.0903. The molecule has 0 aromatic heterocycles. The van der Waals surface area contributed by atoms with Gasteiger partial charge in [0, 0.05) is 12.3 Å². The maximum Gasteiger partial charge on any atom is 0.323 e. The van der Waals surface area contributed by atoms with Gasteiger partial charge in [-0.1, -0.05) is 50.2 Å². The Hall–Kier alpha value is -2.14. The molecule has 1 aliphatic rings. The normalized spacial score (nSPS) is 17.0. The van der Waals surface area contributed by atoms with Crippen molar-refractivity contribution in [1.29, 1.82) is 0 Å². The van der Waals surface area contributed by atoms with Crippen LogP contribution in [0.15, 0.2) is 48.5 Å². The molecular weight excluding hydrogens is 332 g/mol. The molecule has 0 saturated carbocycles. The zero-order chi connectivity index (χ0) is 17.8. The van der Waals surface area contributed by atoms with Gasteiger partial charge in [0.2, 0.25) is 0 Å². The van der Waals surface area contributed by atoms with Gasteiger partial charge in [0.25, 0.3) is 0 Å². The molecule has 1 fully saturated rings. The Morgan fingerprint density at radius 1 is 1.20 bits per heavy atom. The largest absolute Gasteiger partial charge is 0.495 e. The molecule has 4 nitrogen and oxygen atoms in total. The highest BCUT2D eigenvalue weighted by molar-refractivity contribution is 7.99. The maximum absolute atomic E-state index is 12.8.